The summed E-state index contributed by atoms with van der Waals surface area (Å²) in [5, 5.41) is 10.9. The van der Waals surface area contributed by atoms with E-state index in [1.54, 1.807) is 0 Å². The SMILES string of the molecule is CN1CCC[C@](C)(C(=O)N2CC[C@](O)(CN3CCCC3)C2)C1. The van der Waals surface area contributed by atoms with Crippen molar-refractivity contribution in [1.29, 1.82) is 0 Å². The van der Waals surface area contributed by atoms with Crippen LogP contribution in [0.15, 0.2) is 0 Å². The maximum absolute atomic E-state index is 13.0. The number of nitrogens with zero attached hydrogens (tertiary/aromatic N) is 3. The second kappa shape index (κ2) is 6.10. The summed E-state index contributed by atoms with van der Waals surface area (Å²) in [5.74, 6) is 0.247. The summed E-state index contributed by atoms with van der Waals surface area (Å²) < 4.78 is 0. The van der Waals surface area contributed by atoms with Crippen molar-refractivity contribution < 1.29 is 9.90 Å². The highest BCUT2D eigenvalue weighted by molar-refractivity contribution is 5.83. The van der Waals surface area contributed by atoms with Gasteiger partial charge in [-0.2, -0.15) is 0 Å². The lowest BCUT2D eigenvalue weighted by Crippen LogP contribution is -2.51. The number of β-amino-alcohol motifs (C(OH)–C–C–N with tert-alkyl or cyclic N) is 1. The van der Waals surface area contributed by atoms with Gasteiger partial charge in [0.15, 0.2) is 0 Å². The summed E-state index contributed by atoms with van der Waals surface area (Å²) in [5.41, 5.74) is -0.969. The van der Waals surface area contributed by atoms with Gasteiger partial charge in [0.1, 0.15) is 0 Å². The van der Waals surface area contributed by atoms with E-state index in [2.05, 4.69) is 23.8 Å². The molecule has 3 aliphatic rings. The topological polar surface area (TPSA) is 47.0 Å². The Morgan fingerprint density at radius 2 is 1.77 bits per heavy atom. The van der Waals surface area contributed by atoms with Crippen LogP contribution in [0.5, 0.6) is 0 Å². The van der Waals surface area contributed by atoms with Crippen molar-refractivity contribution >= 4 is 5.91 Å². The summed E-state index contributed by atoms with van der Waals surface area (Å²) in [6.07, 6.45) is 5.26. The van der Waals surface area contributed by atoms with Crippen LogP contribution in [0.1, 0.15) is 39.0 Å². The third kappa shape index (κ3) is 3.31. The normalized spacial score (nSPS) is 37.9. The Labute approximate surface area is 134 Å². The van der Waals surface area contributed by atoms with Crippen molar-refractivity contribution in [1.82, 2.24) is 14.7 Å². The molecule has 0 aromatic heterocycles. The number of hydrogen-bond donors (Lipinski definition) is 1. The molecule has 126 valence electrons. The van der Waals surface area contributed by atoms with Crippen LogP contribution >= 0.6 is 0 Å². The Hall–Kier alpha value is -0.650. The summed E-state index contributed by atoms with van der Waals surface area (Å²) in [6, 6.07) is 0. The maximum Gasteiger partial charge on any atom is 0.229 e. The van der Waals surface area contributed by atoms with Gasteiger partial charge < -0.3 is 19.8 Å². The van der Waals surface area contributed by atoms with Crippen LogP contribution in [0.4, 0.5) is 0 Å². The molecule has 5 heteroatoms. The van der Waals surface area contributed by atoms with Gasteiger partial charge in [-0.05, 0) is 65.7 Å². The molecule has 0 aliphatic carbocycles. The van der Waals surface area contributed by atoms with Gasteiger partial charge in [0, 0.05) is 19.6 Å². The first-order valence-corrected chi connectivity index (χ1v) is 8.83. The molecule has 0 radical (unpaired) electrons. The number of amides is 1. The van der Waals surface area contributed by atoms with Gasteiger partial charge in [0.2, 0.25) is 5.91 Å². The molecule has 0 unspecified atom stereocenters. The molecule has 5 nitrogen and oxygen atoms in total. The van der Waals surface area contributed by atoms with Crippen LogP contribution in [0, 0.1) is 5.41 Å². The van der Waals surface area contributed by atoms with Crippen LogP contribution in [0.2, 0.25) is 0 Å². The summed E-state index contributed by atoms with van der Waals surface area (Å²) in [4.78, 5) is 19.5. The second-order valence-corrected chi connectivity index (χ2v) is 8.09. The number of likely N-dealkylation sites (tertiary alicyclic amines) is 3. The number of carbonyl (C=O) groups is 1. The van der Waals surface area contributed by atoms with E-state index in [4.69, 9.17) is 0 Å². The number of carbonyl (C=O) groups excluding carboxylic acids is 1. The predicted octanol–water partition coefficient (Wildman–Crippen LogP) is 0.778. The van der Waals surface area contributed by atoms with E-state index in [-0.39, 0.29) is 11.3 Å². The van der Waals surface area contributed by atoms with Gasteiger partial charge in [0.05, 0.1) is 17.6 Å². The zero-order valence-corrected chi connectivity index (χ0v) is 14.2. The Kier molecular flexibility index (Phi) is 4.49. The fraction of sp³-hybridized carbons (Fsp3) is 0.941. The number of piperidine rings is 1. The van der Waals surface area contributed by atoms with Crippen molar-refractivity contribution in [2.45, 2.75) is 44.6 Å². The predicted molar refractivity (Wildman–Crippen MR) is 86.7 cm³/mol. The minimum Gasteiger partial charge on any atom is -0.387 e. The zero-order chi connectivity index (χ0) is 15.8. The summed E-state index contributed by atoms with van der Waals surface area (Å²) in [6.45, 7) is 8.17. The van der Waals surface area contributed by atoms with Crippen LogP contribution < -0.4 is 0 Å². The molecular formula is C17H31N3O2. The first-order valence-electron chi connectivity index (χ1n) is 8.83. The number of hydrogen-bond acceptors (Lipinski definition) is 4. The maximum atomic E-state index is 13.0. The molecule has 3 rings (SSSR count). The van der Waals surface area contributed by atoms with Crippen molar-refractivity contribution in [2.24, 2.45) is 5.41 Å². The molecule has 3 fully saturated rings. The minimum atomic E-state index is -0.697. The van der Waals surface area contributed by atoms with Crippen molar-refractivity contribution in [3.05, 3.63) is 0 Å². The quantitative estimate of drug-likeness (QED) is 0.837. The molecule has 2 atom stereocenters. The average molecular weight is 309 g/mol. The molecule has 0 aromatic rings. The molecular weight excluding hydrogens is 278 g/mol. The van der Waals surface area contributed by atoms with Crippen molar-refractivity contribution in [3.8, 4) is 0 Å². The average Bonchev–Trinajstić information content (AvgIpc) is 3.08. The van der Waals surface area contributed by atoms with E-state index in [1.807, 2.05) is 4.90 Å². The van der Waals surface area contributed by atoms with E-state index >= 15 is 0 Å². The third-order valence-corrected chi connectivity index (χ3v) is 5.74. The standard InChI is InChI=1S/C17H31N3O2/c1-16(6-5-8-18(2)12-16)15(21)20-11-7-17(22,14-20)13-19-9-3-4-10-19/h22H,3-14H2,1-2H3/t16-,17-/m0/s1. The second-order valence-electron chi connectivity index (χ2n) is 8.09. The lowest BCUT2D eigenvalue weighted by atomic mass is 9.80. The molecule has 0 spiro atoms. The number of rotatable bonds is 3. The Morgan fingerprint density at radius 1 is 1.05 bits per heavy atom. The largest absolute Gasteiger partial charge is 0.387 e. The fourth-order valence-corrected chi connectivity index (χ4v) is 4.57. The van der Waals surface area contributed by atoms with E-state index in [0.29, 0.717) is 13.1 Å². The molecule has 1 N–H and O–H groups in total. The zero-order valence-electron chi connectivity index (χ0n) is 14.2. The summed E-state index contributed by atoms with van der Waals surface area (Å²) in [7, 11) is 2.10. The molecule has 1 amide bonds. The van der Waals surface area contributed by atoms with Gasteiger partial charge in [-0.3, -0.25) is 4.79 Å². The molecule has 22 heavy (non-hydrogen) atoms. The van der Waals surface area contributed by atoms with Gasteiger partial charge in [-0.1, -0.05) is 0 Å². The molecule has 3 aliphatic heterocycles. The molecule has 3 saturated heterocycles. The van der Waals surface area contributed by atoms with Crippen molar-refractivity contribution in [3.63, 3.8) is 0 Å². The summed E-state index contributed by atoms with van der Waals surface area (Å²) >= 11 is 0. The number of aliphatic hydroxyl groups is 1. The van der Waals surface area contributed by atoms with E-state index in [0.717, 1.165) is 52.0 Å². The van der Waals surface area contributed by atoms with Gasteiger partial charge >= 0.3 is 0 Å². The Morgan fingerprint density at radius 3 is 2.45 bits per heavy atom. The van der Waals surface area contributed by atoms with Crippen molar-refractivity contribution in [2.75, 3.05) is 52.9 Å². The molecule has 3 heterocycles. The Balaban J connectivity index is 1.60. The smallest absolute Gasteiger partial charge is 0.229 e. The van der Waals surface area contributed by atoms with Crippen LogP contribution in [0.3, 0.4) is 0 Å². The highest BCUT2D eigenvalue weighted by atomic mass is 16.3. The van der Waals surface area contributed by atoms with Gasteiger partial charge in [-0.25, -0.2) is 0 Å². The first kappa shape index (κ1) is 16.2. The first-order chi connectivity index (χ1) is 10.4. The molecule has 0 aromatic carbocycles. The highest BCUT2D eigenvalue weighted by Crippen LogP contribution is 2.34. The lowest BCUT2D eigenvalue weighted by Gasteiger charge is -2.40. The molecule has 0 saturated carbocycles. The van der Waals surface area contributed by atoms with E-state index in [1.165, 1.54) is 12.8 Å². The van der Waals surface area contributed by atoms with Crippen LogP contribution in [-0.2, 0) is 4.79 Å². The fourth-order valence-electron chi connectivity index (χ4n) is 4.57. The third-order valence-electron chi connectivity index (χ3n) is 5.74. The van der Waals surface area contributed by atoms with E-state index in [9.17, 15) is 9.90 Å². The van der Waals surface area contributed by atoms with Crippen LogP contribution in [0.25, 0.3) is 0 Å². The Bertz CT molecular complexity index is 424. The lowest BCUT2D eigenvalue weighted by molar-refractivity contribution is -0.144. The highest BCUT2D eigenvalue weighted by Gasteiger charge is 2.45. The van der Waals surface area contributed by atoms with Crippen LogP contribution in [-0.4, -0.2) is 84.2 Å². The van der Waals surface area contributed by atoms with Gasteiger partial charge in [-0.15, -0.1) is 0 Å². The van der Waals surface area contributed by atoms with Gasteiger partial charge in [0.25, 0.3) is 0 Å². The molecule has 0 bridgehead atoms. The van der Waals surface area contributed by atoms with E-state index < -0.39 is 5.60 Å². The minimum absolute atomic E-state index is 0.247. The monoisotopic (exact) mass is 309 g/mol.